The minimum atomic E-state index is -1.70. The Bertz CT molecular complexity index is 1210. The molecule has 5 heterocycles. The molecule has 3 atom stereocenters. The summed E-state index contributed by atoms with van der Waals surface area (Å²) in [7, 11) is 0. The lowest BCUT2D eigenvalue weighted by Crippen LogP contribution is -2.75. The first-order valence-corrected chi connectivity index (χ1v) is 10.9. The van der Waals surface area contributed by atoms with E-state index in [4.69, 9.17) is 20.9 Å². The smallest absolute Gasteiger partial charge is 0.328 e. The Morgan fingerprint density at radius 2 is 1.97 bits per heavy atom. The van der Waals surface area contributed by atoms with Gasteiger partial charge in [0.2, 0.25) is 17.4 Å². The van der Waals surface area contributed by atoms with Crippen molar-refractivity contribution in [1.29, 1.82) is 0 Å². The highest BCUT2D eigenvalue weighted by Crippen LogP contribution is 2.50. The third-order valence-electron chi connectivity index (χ3n) is 6.33. The Hall–Kier alpha value is -3.25. The van der Waals surface area contributed by atoms with Crippen molar-refractivity contribution in [3.8, 4) is 0 Å². The van der Waals surface area contributed by atoms with Gasteiger partial charge in [-0.3, -0.25) is 25.0 Å². The number of halogens is 1. The van der Waals surface area contributed by atoms with Crippen LogP contribution in [-0.2, 0) is 20.7 Å². The molecular weight excluding hydrogens is 456 g/mol. The molecule has 13 heteroatoms. The van der Waals surface area contributed by atoms with E-state index in [1.54, 1.807) is 13.8 Å². The van der Waals surface area contributed by atoms with Crippen molar-refractivity contribution in [1.82, 2.24) is 26.1 Å². The molecule has 0 saturated carbocycles. The van der Waals surface area contributed by atoms with Crippen LogP contribution in [0.15, 0.2) is 4.52 Å². The number of morpholine rings is 1. The molecule has 0 bridgehead atoms. The first kappa shape index (κ1) is 21.6. The van der Waals surface area contributed by atoms with Crippen LogP contribution in [0.4, 0.5) is 10.5 Å². The molecule has 174 valence electrons. The fourth-order valence-corrected chi connectivity index (χ4v) is 5.49. The number of fused-ring (bicyclic) bond motifs is 5. The molecule has 5 amide bonds. The van der Waals surface area contributed by atoms with Gasteiger partial charge in [-0.15, -0.1) is 0 Å². The SMILES string of the molecule is CCNC(=O)c1noc2c(Cl)c3c(nc12)CC1(C(=O)NC(=O)NC1=O)[C@@H]1[C@@H](C)O[C@@H](C)CN31. The topological polar surface area (TPSA) is 156 Å². The number of barbiturate groups is 1. The van der Waals surface area contributed by atoms with Crippen LogP contribution in [0.25, 0.3) is 11.1 Å². The summed E-state index contributed by atoms with van der Waals surface area (Å²) in [6.45, 7) is 6.06. The molecule has 5 rings (SSSR count). The number of urea groups is 1. The van der Waals surface area contributed by atoms with Gasteiger partial charge in [0, 0.05) is 19.5 Å². The third kappa shape index (κ3) is 2.93. The van der Waals surface area contributed by atoms with Gasteiger partial charge in [-0.1, -0.05) is 16.8 Å². The Morgan fingerprint density at radius 3 is 2.64 bits per heavy atom. The minimum absolute atomic E-state index is 0.0517. The second kappa shape index (κ2) is 7.39. The molecule has 2 aromatic heterocycles. The summed E-state index contributed by atoms with van der Waals surface area (Å²) in [5.74, 6) is -1.97. The van der Waals surface area contributed by atoms with Crippen molar-refractivity contribution in [3.63, 3.8) is 0 Å². The first-order valence-electron chi connectivity index (χ1n) is 10.5. The standard InChI is InChI=1S/C20H21ClN6O6/c1-4-22-16(28)12-11-14(33-26-12)10(21)13-9(23-11)5-20(17(29)24-19(31)25-18(20)30)15-8(3)32-7(2)6-27(13)15/h7-8,15H,4-6H2,1-3H3,(H,22,28)(H2,24,25,29,30,31)/t7-,8+,15-/m0/s1. The second-order valence-electron chi connectivity index (χ2n) is 8.42. The molecule has 0 radical (unpaired) electrons. The summed E-state index contributed by atoms with van der Waals surface area (Å²) in [4.78, 5) is 57.1. The van der Waals surface area contributed by atoms with Crippen molar-refractivity contribution < 1.29 is 28.4 Å². The van der Waals surface area contributed by atoms with Crippen LogP contribution >= 0.6 is 11.6 Å². The zero-order valence-electron chi connectivity index (χ0n) is 18.0. The van der Waals surface area contributed by atoms with Gasteiger partial charge < -0.3 is 19.5 Å². The summed E-state index contributed by atoms with van der Waals surface area (Å²) in [6.07, 6.45) is -0.964. The van der Waals surface area contributed by atoms with Gasteiger partial charge in [-0.05, 0) is 20.8 Å². The van der Waals surface area contributed by atoms with Crippen LogP contribution in [0.3, 0.4) is 0 Å². The number of carbonyl (C=O) groups is 4. The quantitative estimate of drug-likeness (QED) is 0.525. The maximum Gasteiger partial charge on any atom is 0.328 e. The van der Waals surface area contributed by atoms with Crippen LogP contribution in [0.1, 0.15) is 37.0 Å². The lowest BCUT2D eigenvalue weighted by atomic mass is 9.67. The number of carbonyl (C=O) groups excluding carboxylic acids is 4. The van der Waals surface area contributed by atoms with E-state index in [0.717, 1.165) is 0 Å². The number of imide groups is 2. The number of aromatic nitrogens is 2. The summed E-state index contributed by atoms with van der Waals surface area (Å²) in [6, 6.07) is -1.65. The number of ether oxygens (including phenoxy) is 1. The number of nitrogens with zero attached hydrogens (tertiary/aromatic N) is 3. The Balaban J connectivity index is 1.75. The molecule has 33 heavy (non-hydrogen) atoms. The molecule has 2 aromatic rings. The monoisotopic (exact) mass is 476 g/mol. The molecule has 2 saturated heterocycles. The van der Waals surface area contributed by atoms with E-state index in [-0.39, 0.29) is 34.3 Å². The van der Waals surface area contributed by atoms with Crippen LogP contribution in [0, 0.1) is 5.41 Å². The molecular formula is C20H21ClN6O6. The van der Waals surface area contributed by atoms with Crippen LogP contribution in [0.2, 0.25) is 5.02 Å². The van der Waals surface area contributed by atoms with Crippen LogP contribution in [-0.4, -0.2) is 65.2 Å². The minimum Gasteiger partial charge on any atom is -0.372 e. The molecule has 0 aromatic carbocycles. The number of rotatable bonds is 2. The molecule has 2 fully saturated rings. The van der Waals surface area contributed by atoms with E-state index in [2.05, 4.69) is 26.1 Å². The van der Waals surface area contributed by atoms with Crippen molar-refractivity contribution in [2.75, 3.05) is 18.0 Å². The molecule has 0 aliphatic carbocycles. The molecule has 1 spiro atoms. The summed E-state index contributed by atoms with van der Waals surface area (Å²) in [5, 5.41) is 11.1. The number of anilines is 1. The fraction of sp³-hybridized carbons (Fsp3) is 0.500. The Kier molecular flexibility index (Phi) is 4.83. The average Bonchev–Trinajstić information content (AvgIpc) is 3.15. The highest BCUT2D eigenvalue weighted by molar-refractivity contribution is 6.38. The Labute approximate surface area is 192 Å². The van der Waals surface area contributed by atoms with Gasteiger partial charge in [-0.2, -0.15) is 0 Å². The van der Waals surface area contributed by atoms with Crippen LogP contribution < -0.4 is 20.9 Å². The largest absolute Gasteiger partial charge is 0.372 e. The van der Waals surface area contributed by atoms with E-state index in [9.17, 15) is 19.2 Å². The van der Waals surface area contributed by atoms with Gasteiger partial charge in [0.25, 0.3) is 5.91 Å². The van der Waals surface area contributed by atoms with Gasteiger partial charge in [0.05, 0.1) is 29.6 Å². The van der Waals surface area contributed by atoms with Gasteiger partial charge >= 0.3 is 6.03 Å². The molecule has 12 nitrogen and oxygen atoms in total. The van der Waals surface area contributed by atoms with E-state index in [1.165, 1.54) is 0 Å². The predicted molar refractivity (Wildman–Crippen MR) is 114 cm³/mol. The average molecular weight is 477 g/mol. The number of amides is 5. The number of hydrogen-bond donors (Lipinski definition) is 3. The van der Waals surface area contributed by atoms with E-state index in [1.807, 2.05) is 11.8 Å². The zero-order chi connectivity index (χ0) is 23.7. The molecule has 3 aliphatic heterocycles. The van der Waals surface area contributed by atoms with Gasteiger partial charge in [-0.25, -0.2) is 9.78 Å². The number of nitrogens with one attached hydrogen (secondary N) is 3. The van der Waals surface area contributed by atoms with Crippen molar-refractivity contribution in [2.45, 2.75) is 45.4 Å². The maximum absolute atomic E-state index is 13.2. The van der Waals surface area contributed by atoms with E-state index >= 15 is 0 Å². The van der Waals surface area contributed by atoms with Gasteiger partial charge in [0.15, 0.2) is 11.1 Å². The highest BCUT2D eigenvalue weighted by atomic mass is 35.5. The summed E-state index contributed by atoms with van der Waals surface area (Å²) >= 11 is 6.75. The number of pyridine rings is 1. The van der Waals surface area contributed by atoms with E-state index in [0.29, 0.717) is 24.5 Å². The van der Waals surface area contributed by atoms with Crippen molar-refractivity contribution in [3.05, 3.63) is 16.4 Å². The highest BCUT2D eigenvalue weighted by Gasteiger charge is 2.63. The third-order valence-corrected chi connectivity index (χ3v) is 6.68. The second-order valence-corrected chi connectivity index (χ2v) is 8.80. The summed E-state index contributed by atoms with van der Waals surface area (Å²) in [5.41, 5.74) is -0.695. The number of hydrogen-bond acceptors (Lipinski definition) is 9. The molecule has 3 aliphatic rings. The fourth-order valence-electron chi connectivity index (χ4n) is 5.15. The van der Waals surface area contributed by atoms with Crippen LogP contribution in [0.5, 0.6) is 0 Å². The lowest BCUT2D eigenvalue weighted by molar-refractivity contribution is -0.153. The molecule has 3 N–H and O–H groups in total. The zero-order valence-corrected chi connectivity index (χ0v) is 18.8. The normalized spacial score (nSPS) is 26.0. The predicted octanol–water partition coefficient (Wildman–Crippen LogP) is 0.517. The van der Waals surface area contributed by atoms with Gasteiger partial charge in [0.1, 0.15) is 10.5 Å². The maximum atomic E-state index is 13.2. The van der Waals surface area contributed by atoms with Crippen molar-refractivity contribution in [2.24, 2.45) is 5.41 Å². The van der Waals surface area contributed by atoms with Crippen molar-refractivity contribution >= 4 is 52.1 Å². The first-order chi connectivity index (χ1) is 15.7. The summed E-state index contributed by atoms with van der Waals surface area (Å²) < 4.78 is 11.3. The molecule has 0 unspecified atom stereocenters. The lowest BCUT2D eigenvalue weighted by Gasteiger charge is -2.55. The van der Waals surface area contributed by atoms with E-state index < -0.39 is 41.3 Å². The Morgan fingerprint density at radius 1 is 1.27 bits per heavy atom.